The minimum Gasteiger partial charge on any atom is -0.327 e. The second kappa shape index (κ2) is 4.99. The Bertz CT molecular complexity index is 308. The van der Waals surface area contributed by atoms with E-state index in [-0.39, 0.29) is 11.9 Å². The van der Waals surface area contributed by atoms with Crippen LogP contribution in [0.1, 0.15) is 19.3 Å². The molecule has 0 amide bonds. The Morgan fingerprint density at radius 3 is 2.60 bits per heavy atom. The number of halogens is 1. The number of rotatable bonds is 5. The number of thioether (sulfide) groups is 1. The van der Waals surface area contributed by atoms with Crippen molar-refractivity contribution in [2.75, 3.05) is 5.75 Å². The lowest BCUT2D eigenvalue weighted by Crippen LogP contribution is -2.23. The Morgan fingerprint density at radius 2 is 2.00 bits per heavy atom. The van der Waals surface area contributed by atoms with E-state index >= 15 is 0 Å². The van der Waals surface area contributed by atoms with E-state index in [0.29, 0.717) is 0 Å². The Labute approximate surface area is 94.2 Å². The summed E-state index contributed by atoms with van der Waals surface area (Å²) < 4.78 is 12.6. The van der Waals surface area contributed by atoms with E-state index in [2.05, 4.69) is 0 Å². The van der Waals surface area contributed by atoms with Gasteiger partial charge in [-0.2, -0.15) is 0 Å². The molecule has 1 unspecified atom stereocenters. The van der Waals surface area contributed by atoms with Gasteiger partial charge in [-0.25, -0.2) is 4.39 Å². The lowest BCUT2D eigenvalue weighted by atomic mass is 10.2. The second-order valence-electron chi connectivity index (χ2n) is 4.20. The van der Waals surface area contributed by atoms with Crippen LogP contribution in [0.2, 0.25) is 0 Å². The van der Waals surface area contributed by atoms with Gasteiger partial charge in [-0.1, -0.05) is 12.8 Å². The third-order valence-corrected chi connectivity index (χ3v) is 3.81. The van der Waals surface area contributed by atoms with E-state index in [1.807, 2.05) is 12.1 Å². The molecule has 1 saturated carbocycles. The average molecular weight is 225 g/mol. The highest BCUT2D eigenvalue weighted by molar-refractivity contribution is 7.99. The van der Waals surface area contributed by atoms with Crippen LogP contribution in [-0.2, 0) is 0 Å². The van der Waals surface area contributed by atoms with Gasteiger partial charge in [0.05, 0.1) is 0 Å². The van der Waals surface area contributed by atoms with E-state index in [1.54, 1.807) is 11.8 Å². The molecule has 1 nitrogen and oxygen atoms in total. The van der Waals surface area contributed by atoms with E-state index in [1.165, 1.54) is 25.0 Å². The van der Waals surface area contributed by atoms with Gasteiger partial charge in [0.1, 0.15) is 5.82 Å². The molecule has 1 aliphatic rings. The van der Waals surface area contributed by atoms with Crippen molar-refractivity contribution in [1.82, 2.24) is 0 Å². The van der Waals surface area contributed by atoms with Gasteiger partial charge in [0.2, 0.25) is 0 Å². The molecule has 0 aromatic heterocycles. The molecule has 2 N–H and O–H groups in total. The molecule has 0 radical (unpaired) electrons. The summed E-state index contributed by atoms with van der Waals surface area (Å²) in [7, 11) is 0. The molecule has 15 heavy (non-hydrogen) atoms. The maximum absolute atomic E-state index is 12.6. The number of hydrogen-bond acceptors (Lipinski definition) is 2. The molecule has 0 bridgehead atoms. The van der Waals surface area contributed by atoms with Crippen molar-refractivity contribution >= 4 is 11.8 Å². The summed E-state index contributed by atoms with van der Waals surface area (Å²) in [6.07, 6.45) is 3.86. The number of hydrogen-bond donors (Lipinski definition) is 1. The van der Waals surface area contributed by atoms with E-state index in [4.69, 9.17) is 5.73 Å². The van der Waals surface area contributed by atoms with Gasteiger partial charge in [-0.3, -0.25) is 0 Å². The fourth-order valence-electron chi connectivity index (χ4n) is 1.58. The van der Waals surface area contributed by atoms with Crippen molar-refractivity contribution in [3.63, 3.8) is 0 Å². The maximum Gasteiger partial charge on any atom is 0.123 e. The Balaban J connectivity index is 1.74. The van der Waals surface area contributed by atoms with Crippen molar-refractivity contribution in [1.29, 1.82) is 0 Å². The third-order valence-electron chi connectivity index (χ3n) is 2.61. The van der Waals surface area contributed by atoms with Crippen LogP contribution in [-0.4, -0.2) is 11.8 Å². The monoisotopic (exact) mass is 225 g/mol. The summed E-state index contributed by atoms with van der Waals surface area (Å²) in [6.45, 7) is 0. The third kappa shape index (κ3) is 3.84. The molecule has 0 aliphatic heterocycles. The summed E-state index contributed by atoms with van der Waals surface area (Å²) in [6, 6.07) is 6.89. The predicted octanol–water partition coefficient (Wildman–Crippen LogP) is 3.05. The van der Waals surface area contributed by atoms with Crippen LogP contribution in [0.25, 0.3) is 0 Å². The average Bonchev–Trinajstić information content (AvgIpc) is 3.01. The summed E-state index contributed by atoms with van der Waals surface area (Å²) >= 11 is 1.72. The zero-order valence-corrected chi connectivity index (χ0v) is 9.47. The number of nitrogens with two attached hydrogens (primary N) is 1. The van der Waals surface area contributed by atoms with Crippen molar-refractivity contribution in [3.05, 3.63) is 30.1 Å². The first-order valence-electron chi connectivity index (χ1n) is 5.38. The van der Waals surface area contributed by atoms with Gasteiger partial charge in [-0.05, 0) is 36.6 Å². The molecule has 0 spiro atoms. The fourth-order valence-corrected chi connectivity index (χ4v) is 2.45. The lowest BCUT2D eigenvalue weighted by molar-refractivity contribution is 0.617. The standard InChI is InChI=1S/C12H16FNS/c13-10-3-5-12(6-4-10)15-8-11(14)7-9-1-2-9/h3-6,9,11H,1-2,7-8,14H2. The summed E-state index contributed by atoms with van der Waals surface area (Å²) in [5.74, 6) is 1.64. The summed E-state index contributed by atoms with van der Waals surface area (Å²) in [4.78, 5) is 1.10. The highest BCUT2D eigenvalue weighted by Gasteiger charge is 2.23. The first-order chi connectivity index (χ1) is 7.24. The maximum atomic E-state index is 12.6. The summed E-state index contributed by atoms with van der Waals surface area (Å²) in [5.41, 5.74) is 6.00. The van der Waals surface area contributed by atoms with E-state index in [9.17, 15) is 4.39 Å². The van der Waals surface area contributed by atoms with Gasteiger partial charge in [0.15, 0.2) is 0 Å². The van der Waals surface area contributed by atoms with Gasteiger partial charge in [0.25, 0.3) is 0 Å². The molecule has 0 heterocycles. The highest BCUT2D eigenvalue weighted by atomic mass is 32.2. The first-order valence-corrected chi connectivity index (χ1v) is 6.36. The van der Waals surface area contributed by atoms with Crippen molar-refractivity contribution in [2.45, 2.75) is 30.2 Å². The van der Waals surface area contributed by atoms with Gasteiger partial charge in [-0.15, -0.1) is 11.8 Å². The minimum absolute atomic E-state index is 0.179. The van der Waals surface area contributed by atoms with Crippen molar-refractivity contribution < 1.29 is 4.39 Å². The highest BCUT2D eigenvalue weighted by Crippen LogP contribution is 2.34. The molecule has 1 fully saturated rings. The van der Waals surface area contributed by atoms with E-state index in [0.717, 1.165) is 23.0 Å². The molecule has 82 valence electrons. The first kappa shape index (κ1) is 11.0. The van der Waals surface area contributed by atoms with Gasteiger partial charge >= 0.3 is 0 Å². The van der Waals surface area contributed by atoms with E-state index < -0.39 is 0 Å². The second-order valence-corrected chi connectivity index (χ2v) is 5.30. The van der Waals surface area contributed by atoms with Gasteiger partial charge in [0, 0.05) is 16.7 Å². The quantitative estimate of drug-likeness (QED) is 0.779. The zero-order chi connectivity index (χ0) is 10.7. The molecule has 1 aromatic rings. The van der Waals surface area contributed by atoms with Crippen LogP contribution in [0.15, 0.2) is 29.2 Å². The molecular weight excluding hydrogens is 209 g/mol. The smallest absolute Gasteiger partial charge is 0.123 e. The van der Waals surface area contributed by atoms with Crippen molar-refractivity contribution in [3.8, 4) is 0 Å². The predicted molar refractivity (Wildman–Crippen MR) is 62.4 cm³/mol. The SMILES string of the molecule is NC(CSc1ccc(F)cc1)CC1CC1. The Hall–Kier alpha value is -0.540. The number of benzene rings is 1. The van der Waals surface area contributed by atoms with Crippen LogP contribution in [0.3, 0.4) is 0 Å². The molecule has 1 atom stereocenters. The largest absolute Gasteiger partial charge is 0.327 e. The Morgan fingerprint density at radius 1 is 1.33 bits per heavy atom. The van der Waals surface area contributed by atoms with Crippen LogP contribution >= 0.6 is 11.8 Å². The van der Waals surface area contributed by atoms with Crippen molar-refractivity contribution in [2.24, 2.45) is 11.7 Å². The fraction of sp³-hybridized carbons (Fsp3) is 0.500. The van der Waals surface area contributed by atoms with Crippen LogP contribution in [0.5, 0.6) is 0 Å². The normalized spacial score (nSPS) is 17.7. The van der Waals surface area contributed by atoms with Gasteiger partial charge < -0.3 is 5.73 Å². The minimum atomic E-state index is -0.179. The summed E-state index contributed by atoms with van der Waals surface area (Å²) in [5, 5.41) is 0. The Kier molecular flexibility index (Phi) is 3.65. The lowest BCUT2D eigenvalue weighted by Gasteiger charge is -2.09. The molecule has 2 rings (SSSR count). The van der Waals surface area contributed by atoms with Crippen LogP contribution in [0.4, 0.5) is 4.39 Å². The van der Waals surface area contributed by atoms with Crippen LogP contribution < -0.4 is 5.73 Å². The molecule has 3 heteroatoms. The topological polar surface area (TPSA) is 26.0 Å². The molecule has 0 saturated heterocycles. The molecule has 1 aromatic carbocycles. The zero-order valence-electron chi connectivity index (χ0n) is 8.66. The molecular formula is C12H16FNS. The van der Waals surface area contributed by atoms with Crippen LogP contribution in [0, 0.1) is 11.7 Å². The molecule has 1 aliphatic carbocycles.